The van der Waals surface area contributed by atoms with E-state index in [9.17, 15) is 14.7 Å². The van der Waals surface area contributed by atoms with Gasteiger partial charge in [0.05, 0.1) is 5.69 Å². The second-order valence-corrected chi connectivity index (χ2v) is 5.92. The predicted molar refractivity (Wildman–Crippen MR) is 85.0 cm³/mol. The van der Waals surface area contributed by atoms with Gasteiger partial charge >= 0.3 is 5.97 Å². The summed E-state index contributed by atoms with van der Waals surface area (Å²) in [7, 11) is 0. The monoisotopic (exact) mass is 356 g/mol. The van der Waals surface area contributed by atoms with E-state index in [2.05, 4.69) is 10.5 Å². The average molecular weight is 357 g/mol. The molecule has 0 aliphatic carbocycles. The number of aryl methyl sites for hydroxylation is 2. The third-order valence-electron chi connectivity index (χ3n) is 3.23. The maximum atomic E-state index is 12.3. The third kappa shape index (κ3) is 4.24. The Bertz CT molecular complexity index is 718. The van der Waals surface area contributed by atoms with Crippen LogP contribution in [0.5, 0.6) is 0 Å². The number of aliphatic carboxylic acids is 1. The highest BCUT2D eigenvalue weighted by Gasteiger charge is 2.25. The van der Waals surface area contributed by atoms with Gasteiger partial charge in [0.2, 0.25) is 0 Å². The standard InChI is InChI=1S/C15H14Cl2N2O4/c1-7-13(8(2)23-19-7)14(20)18-12(15(21)22)5-9-3-10(16)6-11(17)4-9/h3-4,6,12H,5H2,1-2H3,(H,18,20)(H,21,22). The number of aromatic nitrogens is 1. The lowest BCUT2D eigenvalue weighted by Gasteiger charge is -2.15. The topological polar surface area (TPSA) is 92.4 Å². The number of carbonyl (C=O) groups excluding carboxylic acids is 1. The summed E-state index contributed by atoms with van der Waals surface area (Å²) in [6.07, 6.45) is 0.0464. The second kappa shape index (κ2) is 7.02. The number of nitrogens with zero attached hydrogens (tertiary/aromatic N) is 1. The van der Waals surface area contributed by atoms with E-state index in [0.717, 1.165) is 0 Å². The van der Waals surface area contributed by atoms with Crippen LogP contribution in [0.3, 0.4) is 0 Å². The molecule has 23 heavy (non-hydrogen) atoms. The molecule has 2 rings (SSSR count). The molecular weight excluding hydrogens is 343 g/mol. The van der Waals surface area contributed by atoms with E-state index in [0.29, 0.717) is 27.1 Å². The Kier molecular flexibility index (Phi) is 5.28. The minimum atomic E-state index is -1.17. The largest absolute Gasteiger partial charge is 0.480 e. The van der Waals surface area contributed by atoms with E-state index < -0.39 is 17.9 Å². The van der Waals surface area contributed by atoms with Crippen LogP contribution >= 0.6 is 23.2 Å². The lowest BCUT2D eigenvalue weighted by molar-refractivity contribution is -0.139. The zero-order chi connectivity index (χ0) is 17.1. The normalized spacial score (nSPS) is 12.0. The van der Waals surface area contributed by atoms with Gasteiger partial charge in [-0.15, -0.1) is 0 Å². The van der Waals surface area contributed by atoms with Gasteiger partial charge in [0.1, 0.15) is 17.4 Å². The van der Waals surface area contributed by atoms with Crippen LogP contribution in [0.4, 0.5) is 0 Å². The van der Waals surface area contributed by atoms with E-state index >= 15 is 0 Å². The molecule has 0 spiro atoms. The quantitative estimate of drug-likeness (QED) is 0.858. The van der Waals surface area contributed by atoms with E-state index in [1.165, 1.54) is 0 Å². The average Bonchev–Trinajstić information content (AvgIpc) is 2.76. The van der Waals surface area contributed by atoms with Crippen molar-refractivity contribution in [2.24, 2.45) is 0 Å². The van der Waals surface area contributed by atoms with Crippen molar-refractivity contribution in [3.63, 3.8) is 0 Å². The summed E-state index contributed by atoms with van der Waals surface area (Å²) in [5.74, 6) is -1.39. The summed E-state index contributed by atoms with van der Waals surface area (Å²) < 4.78 is 4.92. The molecule has 1 amide bonds. The van der Waals surface area contributed by atoms with Crippen molar-refractivity contribution in [1.82, 2.24) is 10.5 Å². The molecule has 0 saturated carbocycles. The molecule has 2 N–H and O–H groups in total. The number of carboxylic acid groups (broad SMARTS) is 1. The Morgan fingerprint density at radius 3 is 2.35 bits per heavy atom. The zero-order valence-corrected chi connectivity index (χ0v) is 13.9. The first-order valence-electron chi connectivity index (χ1n) is 6.69. The molecule has 1 aromatic heterocycles. The highest BCUT2D eigenvalue weighted by Crippen LogP contribution is 2.20. The number of halogens is 2. The maximum absolute atomic E-state index is 12.3. The highest BCUT2D eigenvalue weighted by molar-refractivity contribution is 6.34. The van der Waals surface area contributed by atoms with Gasteiger partial charge in [-0.1, -0.05) is 28.4 Å². The summed E-state index contributed by atoms with van der Waals surface area (Å²) in [6, 6.07) is 3.62. The molecule has 0 aliphatic heterocycles. The zero-order valence-electron chi connectivity index (χ0n) is 12.4. The Morgan fingerprint density at radius 2 is 1.87 bits per heavy atom. The molecule has 6 nitrogen and oxygen atoms in total. The van der Waals surface area contributed by atoms with Crippen LogP contribution < -0.4 is 5.32 Å². The van der Waals surface area contributed by atoms with Crippen LogP contribution in [-0.4, -0.2) is 28.2 Å². The Labute approximate surface area is 142 Å². The van der Waals surface area contributed by atoms with Crippen molar-refractivity contribution >= 4 is 35.1 Å². The van der Waals surface area contributed by atoms with Gasteiger partial charge in [-0.3, -0.25) is 4.79 Å². The number of carboxylic acids is 1. The number of benzene rings is 1. The molecule has 122 valence electrons. The van der Waals surface area contributed by atoms with Crippen LogP contribution in [0.2, 0.25) is 10.0 Å². The summed E-state index contributed by atoms with van der Waals surface area (Å²) >= 11 is 11.8. The fraction of sp³-hybridized carbons (Fsp3) is 0.267. The molecule has 0 bridgehead atoms. The Balaban J connectivity index is 2.19. The van der Waals surface area contributed by atoms with Gasteiger partial charge < -0.3 is 14.9 Å². The van der Waals surface area contributed by atoms with Crippen LogP contribution in [0.25, 0.3) is 0 Å². The second-order valence-electron chi connectivity index (χ2n) is 5.05. The molecule has 1 heterocycles. The summed E-state index contributed by atoms with van der Waals surface area (Å²) in [5, 5.41) is 16.3. The SMILES string of the molecule is Cc1noc(C)c1C(=O)NC(Cc1cc(Cl)cc(Cl)c1)C(=O)O. The van der Waals surface area contributed by atoms with Gasteiger partial charge in [-0.05, 0) is 37.6 Å². The first-order valence-corrected chi connectivity index (χ1v) is 7.45. The molecule has 0 fully saturated rings. The van der Waals surface area contributed by atoms with Crippen LogP contribution in [0.15, 0.2) is 22.7 Å². The Morgan fingerprint density at radius 1 is 1.26 bits per heavy atom. The van der Waals surface area contributed by atoms with Gasteiger partial charge in [-0.25, -0.2) is 4.79 Å². The van der Waals surface area contributed by atoms with Crippen molar-refractivity contribution in [3.8, 4) is 0 Å². The molecule has 0 radical (unpaired) electrons. The Hall–Kier alpha value is -2.05. The minimum absolute atomic E-state index is 0.0464. The highest BCUT2D eigenvalue weighted by atomic mass is 35.5. The van der Waals surface area contributed by atoms with Gasteiger partial charge in [0.25, 0.3) is 5.91 Å². The summed E-state index contributed by atoms with van der Waals surface area (Å²) in [4.78, 5) is 23.7. The van der Waals surface area contributed by atoms with Crippen molar-refractivity contribution < 1.29 is 19.2 Å². The van der Waals surface area contributed by atoms with Crippen LogP contribution in [0.1, 0.15) is 27.4 Å². The van der Waals surface area contributed by atoms with Gasteiger partial charge in [-0.2, -0.15) is 0 Å². The smallest absolute Gasteiger partial charge is 0.326 e. The number of amides is 1. The van der Waals surface area contributed by atoms with E-state index in [-0.39, 0.29) is 12.0 Å². The van der Waals surface area contributed by atoms with Gasteiger partial charge in [0.15, 0.2) is 0 Å². The minimum Gasteiger partial charge on any atom is -0.480 e. The fourth-order valence-corrected chi connectivity index (χ4v) is 2.77. The van der Waals surface area contributed by atoms with Crippen LogP contribution in [-0.2, 0) is 11.2 Å². The number of hydrogen-bond donors (Lipinski definition) is 2. The number of rotatable bonds is 5. The predicted octanol–water partition coefficient (Wildman–Crippen LogP) is 3.02. The van der Waals surface area contributed by atoms with Crippen molar-refractivity contribution in [2.75, 3.05) is 0 Å². The molecule has 1 unspecified atom stereocenters. The van der Waals surface area contributed by atoms with Crippen molar-refractivity contribution in [2.45, 2.75) is 26.3 Å². The van der Waals surface area contributed by atoms with Crippen LogP contribution in [0, 0.1) is 13.8 Å². The van der Waals surface area contributed by atoms with E-state index in [1.807, 2.05) is 0 Å². The first-order chi connectivity index (χ1) is 10.8. The number of hydrogen-bond acceptors (Lipinski definition) is 4. The summed E-state index contributed by atoms with van der Waals surface area (Å²) in [6.45, 7) is 3.19. The molecule has 1 aromatic carbocycles. The molecule has 1 atom stereocenters. The lowest BCUT2D eigenvalue weighted by atomic mass is 10.1. The number of carbonyl (C=O) groups is 2. The molecule has 2 aromatic rings. The molecular formula is C15H14Cl2N2O4. The van der Waals surface area contributed by atoms with Gasteiger partial charge in [0, 0.05) is 16.5 Å². The third-order valence-corrected chi connectivity index (χ3v) is 3.66. The summed E-state index contributed by atoms with van der Waals surface area (Å²) in [5.41, 5.74) is 1.24. The number of nitrogens with one attached hydrogen (secondary N) is 1. The maximum Gasteiger partial charge on any atom is 0.326 e. The molecule has 0 aliphatic rings. The van der Waals surface area contributed by atoms with E-state index in [4.69, 9.17) is 27.7 Å². The lowest BCUT2D eigenvalue weighted by Crippen LogP contribution is -2.42. The first kappa shape index (κ1) is 17.3. The molecule has 0 saturated heterocycles. The fourth-order valence-electron chi connectivity index (χ4n) is 2.20. The molecule has 8 heteroatoms. The van der Waals surface area contributed by atoms with E-state index in [1.54, 1.807) is 32.0 Å². The van der Waals surface area contributed by atoms with Crippen molar-refractivity contribution in [1.29, 1.82) is 0 Å². The van der Waals surface area contributed by atoms with Crippen molar-refractivity contribution in [3.05, 3.63) is 50.8 Å².